The molecule has 25 heavy (non-hydrogen) atoms. The lowest BCUT2D eigenvalue weighted by Crippen LogP contribution is -2.27. The Bertz CT molecular complexity index is 821. The van der Waals surface area contributed by atoms with Gasteiger partial charge in [0.25, 0.3) is 5.69 Å². The van der Waals surface area contributed by atoms with E-state index >= 15 is 0 Å². The second kappa shape index (κ2) is 6.94. The third-order valence-corrected chi connectivity index (χ3v) is 4.24. The zero-order chi connectivity index (χ0) is 18.0. The molecule has 0 radical (unpaired) electrons. The van der Waals surface area contributed by atoms with Crippen LogP contribution in [-0.4, -0.2) is 28.2 Å². The minimum Gasteiger partial charge on any atom is -0.467 e. The number of halogens is 1. The Morgan fingerprint density at radius 3 is 2.92 bits per heavy atom. The summed E-state index contributed by atoms with van der Waals surface area (Å²) in [6, 6.07) is 7.50. The molecule has 1 aromatic carbocycles. The number of nitro groups is 1. The largest absolute Gasteiger partial charge is 0.467 e. The molecule has 2 amide bonds. The molecule has 1 atom stereocenters. The lowest BCUT2D eigenvalue weighted by molar-refractivity contribution is -0.384. The van der Waals surface area contributed by atoms with Crippen LogP contribution in [0.1, 0.15) is 12.2 Å². The van der Waals surface area contributed by atoms with Gasteiger partial charge in [-0.05, 0) is 24.3 Å². The van der Waals surface area contributed by atoms with Crippen LogP contribution >= 0.6 is 11.6 Å². The zero-order valence-electron chi connectivity index (χ0n) is 13.0. The molecule has 0 aliphatic carbocycles. The van der Waals surface area contributed by atoms with Crippen LogP contribution < -0.4 is 5.32 Å². The maximum Gasteiger partial charge on any atom is 0.289 e. The van der Waals surface area contributed by atoms with Crippen molar-refractivity contribution in [1.29, 1.82) is 0 Å². The first-order chi connectivity index (χ1) is 11.9. The normalized spacial score (nSPS) is 16.9. The van der Waals surface area contributed by atoms with Gasteiger partial charge in [-0.3, -0.25) is 19.7 Å². The van der Waals surface area contributed by atoms with Crippen molar-refractivity contribution in [2.75, 3.05) is 11.9 Å². The number of rotatable bonds is 5. The fraction of sp³-hybridized carbons (Fsp3) is 0.250. The molecule has 2 heterocycles. The van der Waals surface area contributed by atoms with Gasteiger partial charge in [0.15, 0.2) is 0 Å². The molecule has 0 bridgehead atoms. The van der Waals surface area contributed by atoms with Crippen molar-refractivity contribution in [2.45, 2.75) is 13.0 Å². The van der Waals surface area contributed by atoms with E-state index in [1.165, 1.54) is 24.5 Å². The highest BCUT2D eigenvalue weighted by molar-refractivity contribution is 6.32. The number of amides is 2. The Hall–Kier alpha value is -2.87. The number of hydrogen-bond acceptors (Lipinski definition) is 5. The van der Waals surface area contributed by atoms with Crippen LogP contribution in [0.15, 0.2) is 41.0 Å². The Balaban J connectivity index is 1.65. The second-order valence-electron chi connectivity index (χ2n) is 5.67. The van der Waals surface area contributed by atoms with Gasteiger partial charge in [-0.25, -0.2) is 0 Å². The number of anilines is 1. The van der Waals surface area contributed by atoms with E-state index in [1.54, 1.807) is 17.0 Å². The van der Waals surface area contributed by atoms with Crippen LogP contribution in [0.4, 0.5) is 11.4 Å². The van der Waals surface area contributed by atoms with Crippen LogP contribution in [0.5, 0.6) is 0 Å². The predicted octanol–water partition coefficient (Wildman–Crippen LogP) is 2.83. The molecule has 1 saturated heterocycles. The lowest BCUT2D eigenvalue weighted by Gasteiger charge is -2.15. The van der Waals surface area contributed by atoms with Gasteiger partial charge in [-0.15, -0.1) is 0 Å². The summed E-state index contributed by atoms with van der Waals surface area (Å²) in [5.41, 5.74) is -0.0283. The van der Waals surface area contributed by atoms with Crippen LogP contribution in [0.25, 0.3) is 0 Å². The molecule has 1 N–H and O–H groups in total. The maximum atomic E-state index is 12.4. The first-order valence-electron chi connectivity index (χ1n) is 7.49. The van der Waals surface area contributed by atoms with Crippen LogP contribution in [0.2, 0.25) is 5.02 Å². The molecule has 2 aromatic rings. The van der Waals surface area contributed by atoms with Crippen molar-refractivity contribution in [1.82, 2.24) is 4.90 Å². The van der Waals surface area contributed by atoms with Crippen LogP contribution in [0, 0.1) is 16.0 Å². The van der Waals surface area contributed by atoms with Crippen LogP contribution in [-0.2, 0) is 16.1 Å². The topological polar surface area (TPSA) is 106 Å². The number of furan rings is 1. The average Bonchev–Trinajstić information content (AvgIpc) is 3.20. The number of benzene rings is 1. The molecule has 1 unspecified atom stereocenters. The first-order valence-corrected chi connectivity index (χ1v) is 7.87. The summed E-state index contributed by atoms with van der Waals surface area (Å²) in [5, 5.41) is 13.5. The van der Waals surface area contributed by atoms with Gasteiger partial charge >= 0.3 is 0 Å². The van der Waals surface area contributed by atoms with E-state index in [0.29, 0.717) is 12.3 Å². The monoisotopic (exact) mass is 363 g/mol. The Kier molecular flexibility index (Phi) is 4.71. The van der Waals surface area contributed by atoms with Gasteiger partial charge in [0.05, 0.1) is 23.6 Å². The molecule has 0 spiro atoms. The van der Waals surface area contributed by atoms with Gasteiger partial charge < -0.3 is 14.6 Å². The van der Waals surface area contributed by atoms with Crippen molar-refractivity contribution in [3.05, 3.63) is 57.5 Å². The zero-order valence-corrected chi connectivity index (χ0v) is 13.7. The molecule has 130 valence electrons. The Morgan fingerprint density at radius 1 is 1.44 bits per heavy atom. The molecule has 8 nitrogen and oxygen atoms in total. The molecular weight excluding hydrogens is 350 g/mol. The number of carbonyl (C=O) groups is 2. The highest BCUT2D eigenvalue weighted by atomic mass is 35.5. The first kappa shape index (κ1) is 17.0. The van der Waals surface area contributed by atoms with Gasteiger partial charge in [0.2, 0.25) is 11.8 Å². The van der Waals surface area contributed by atoms with Gasteiger partial charge in [0, 0.05) is 24.7 Å². The van der Waals surface area contributed by atoms with E-state index in [2.05, 4.69) is 5.32 Å². The van der Waals surface area contributed by atoms with E-state index in [-0.39, 0.29) is 41.2 Å². The number of nitrogens with one attached hydrogen (secondary N) is 1. The molecule has 0 saturated carbocycles. The van der Waals surface area contributed by atoms with E-state index in [0.717, 1.165) is 0 Å². The number of nitro benzene ring substituents is 1. The van der Waals surface area contributed by atoms with Crippen molar-refractivity contribution < 1.29 is 18.9 Å². The highest BCUT2D eigenvalue weighted by Crippen LogP contribution is 2.28. The SMILES string of the molecule is O=C(Nc1ccc(Cl)c([N+](=O)[O-])c1)C1CC(=O)N(Cc2ccco2)C1. The summed E-state index contributed by atoms with van der Waals surface area (Å²) in [5.74, 6) is -0.398. The third-order valence-electron chi connectivity index (χ3n) is 3.92. The number of likely N-dealkylation sites (tertiary alicyclic amines) is 1. The Morgan fingerprint density at radius 2 is 2.24 bits per heavy atom. The number of carbonyl (C=O) groups excluding carboxylic acids is 2. The van der Waals surface area contributed by atoms with Gasteiger partial charge in [-0.1, -0.05) is 11.6 Å². The highest BCUT2D eigenvalue weighted by Gasteiger charge is 2.34. The molecule has 1 aromatic heterocycles. The smallest absolute Gasteiger partial charge is 0.289 e. The van der Waals surface area contributed by atoms with Crippen molar-refractivity contribution in [3.8, 4) is 0 Å². The molecule has 1 fully saturated rings. The third kappa shape index (κ3) is 3.80. The quantitative estimate of drug-likeness (QED) is 0.649. The summed E-state index contributed by atoms with van der Waals surface area (Å²) in [6.45, 7) is 0.572. The average molecular weight is 364 g/mol. The Labute approximate surface area is 147 Å². The summed E-state index contributed by atoms with van der Waals surface area (Å²) in [7, 11) is 0. The number of hydrogen-bond donors (Lipinski definition) is 1. The van der Waals surface area contributed by atoms with Crippen molar-refractivity contribution in [2.24, 2.45) is 5.92 Å². The van der Waals surface area contributed by atoms with Crippen LogP contribution in [0.3, 0.4) is 0 Å². The van der Waals surface area contributed by atoms with E-state index in [9.17, 15) is 19.7 Å². The molecule has 1 aliphatic rings. The van der Waals surface area contributed by atoms with Crippen molar-refractivity contribution in [3.63, 3.8) is 0 Å². The molecule has 1 aliphatic heterocycles. The summed E-state index contributed by atoms with van der Waals surface area (Å²) >= 11 is 5.75. The van der Waals surface area contributed by atoms with E-state index in [1.807, 2.05) is 0 Å². The maximum absolute atomic E-state index is 12.4. The molecule has 3 rings (SSSR count). The van der Waals surface area contributed by atoms with Crippen molar-refractivity contribution >= 4 is 34.8 Å². The van der Waals surface area contributed by atoms with E-state index in [4.69, 9.17) is 16.0 Å². The summed E-state index contributed by atoms with van der Waals surface area (Å²) < 4.78 is 5.21. The van der Waals surface area contributed by atoms with E-state index < -0.39 is 10.8 Å². The summed E-state index contributed by atoms with van der Waals surface area (Å²) in [6.07, 6.45) is 1.61. The fourth-order valence-electron chi connectivity index (χ4n) is 2.67. The fourth-order valence-corrected chi connectivity index (χ4v) is 2.85. The molecular formula is C16H14ClN3O5. The standard InChI is InChI=1S/C16H14ClN3O5/c17-13-4-3-11(7-14(13)20(23)24)18-16(22)10-6-15(21)19(8-10)9-12-2-1-5-25-12/h1-5,7,10H,6,8-9H2,(H,18,22). The predicted molar refractivity (Wildman–Crippen MR) is 89.0 cm³/mol. The minimum atomic E-state index is -0.623. The van der Waals surface area contributed by atoms with Gasteiger partial charge in [-0.2, -0.15) is 0 Å². The summed E-state index contributed by atoms with van der Waals surface area (Å²) in [4.78, 5) is 36.2. The second-order valence-corrected chi connectivity index (χ2v) is 6.07. The molecule has 9 heteroatoms. The van der Waals surface area contributed by atoms with Gasteiger partial charge in [0.1, 0.15) is 10.8 Å². The lowest BCUT2D eigenvalue weighted by atomic mass is 10.1. The minimum absolute atomic E-state index is 0.0105. The number of nitrogens with zero attached hydrogens (tertiary/aromatic N) is 2.